The highest BCUT2D eigenvalue weighted by molar-refractivity contribution is 6.00. The quantitative estimate of drug-likeness (QED) is 0.752. The van der Waals surface area contributed by atoms with Gasteiger partial charge in [-0.15, -0.1) is 0 Å². The van der Waals surface area contributed by atoms with Crippen LogP contribution in [0.3, 0.4) is 0 Å². The molecule has 2 aromatic carbocycles. The van der Waals surface area contributed by atoms with Crippen LogP contribution in [0.1, 0.15) is 21.5 Å². The van der Waals surface area contributed by atoms with Gasteiger partial charge in [-0.1, -0.05) is 48.5 Å². The first-order valence-corrected chi connectivity index (χ1v) is 5.98. The summed E-state index contributed by atoms with van der Waals surface area (Å²) in [6.45, 7) is 0. The zero-order valence-electron chi connectivity index (χ0n) is 9.67. The predicted molar refractivity (Wildman–Crippen MR) is 65.5 cm³/mol. The fourth-order valence-electron chi connectivity index (χ4n) is 2.69. The number of amides is 1. The average molecular weight is 237 g/mol. The standard InChI is InChI=1S/C15H11NO2/c17-14-12-8-4-5-9-13(12)15(16(14)18-15)10-11-6-2-1-3-7-11/h1-9H,10H2. The Morgan fingerprint density at radius 1 is 1.00 bits per heavy atom. The maximum Gasteiger partial charge on any atom is 0.281 e. The number of hydroxylamine groups is 2. The molecule has 0 spiro atoms. The van der Waals surface area contributed by atoms with Crippen molar-refractivity contribution in [3.05, 3.63) is 71.3 Å². The van der Waals surface area contributed by atoms with Crippen molar-refractivity contribution in [2.75, 3.05) is 0 Å². The molecule has 2 heterocycles. The van der Waals surface area contributed by atoms with Gasteiger partial charge in [-0.25, -0.2) is 4.84 Å². The lowest BCUT2D eigenvalue weighted by molar-refractivity contribution is 0.0710. The van der Waals surface area contributed by atoms with Gasteiger partial charge in [-0.3, -0.25) is 4.79 Å². The van der Waals surface area contributed by atoms with Crippen LogP contribution in [0, 0.1) is 0 Å². The van der Waals surface area contributed by atoms with Crippen molar-refractivity contribution in [3.63, 3.8) is 0 Å². The molecule has 2 aliphatic rings. The van der Waals surface area contributed by atoms with Gasteiger partial charge in [0.05, 0.1) is 5.56 Å². The molecule has 0 saturated carbocycles. The fraction of sp³-hybridized carbons (Fsp3) is 0.133. The Kier molecular flexibility index (Phi) is 1.76. The van der Waals surface area contributed by atoms with E-state index >= 15 is 0 Å². The molecular weight excluding hydrogens is 226 g/mol. The Morgan fingerprint density at radius 3 is 2.56 bits per heavy atom. The van der Waals surface area contributed by atoms with E-state index in [2.05, 4.69) is 12.1 Å². The third-order valence-corrected chi connectivity index (χ3v) is 3.59. The van der Waals surface area contributed by atoms with E-state index in [4.69, 9.17) is 4.84 Å². The Hall–Kier alpha value is -2.13. The first-order chi connectivity index (χ1) is 8.81. The van der Waals surface area contributed by atoms with Crippen LogP contribution in [0.5, 0.6) is 0 Å². The lowest BCUT2D eigenvalue weighted by Crippen LogP contribution is -2.14. The Bertz CT molecular complexity index is 638. The molecule has 88 valence electrons. The first kappa shape index (κ1) is 9.85. The molecule has 0 bridgehead atoms. The molecule has 0 aromatic heterocycles. The van der Waals surface area contributed by atoms with Gasteiger partial charge in [-0.2, -0.15) is 5.06 Å². The van der Waals surface area contributed by atoms with Gasteiger partial charge < -0.3 is 0 Å². The first-order valence-electron chi connectivity index (χ1n) is 5.98. The highest BCUT2D eigenvalue weighted by Crippen LogP contribution is 2.54. The van der Waals surface area contributed by atoms with Crippen molar-refractivity contribution in [2.24, 2.45) is 0 Å². The van der Waals surface area contributed by atoms with E-state index in [1.165, 1.54) is 10.6 Å². The highest BCUT2D eigenvalue weighted by atomic mass is 16.9. The van der Waals surface area contributed by atoms with Gasteiger partial charge in [0.25, 0.3) is 5.91 Å². The Balaban J connectivity index is 1.77. The molecule has 1 saturated heterocycles. The van der Waals surface area contributed by atoms with Crippen molar-refractivity contribution >= 4 is 5.91 Å². The van der Waals surface area contributed by atoms with Crippen LogP contribution in [0.4, 0.5) is 0 Å². The summed E-state index contributed by atoms with van der Waals surface area (Å²) in [7, 11) is 0. The topological polar surface area (TPSA) is 32.6 Å². The zero-order valence-corrected chi connectivity index (χ0v) is 9.67. The monoisotopic (exact) mass is 237 g/mol. The van der Waals surface area contributed by atoms with Crippen molar-refractivity contribution < 1.29 is 9.63 Å². The number of nitrogens with zero attached hydrogens (tertiary/aromatic N) is 1. The van der Waals surface area contributed by atoms with E-state index in [9.17, 15) is 4.79 Å². The minimum Gasteiger partial charge on any atom is -0.267 e. The number of hydrogen-bond acceptors (Lipinski definition) is 2. The molecule has 2 aliphatic heterocycles. The molecule has 3 nitrogen and oxygen atoms in total. The summed E-state index contributed by atoms with van der Waals surface area (Å²) < 4.78 is 0. The second-order valence-corrected chi connectivity index (χ2v) is 4.68. The van der Waals surface area contributed by atoms with Crippen LogP contribution in [0.2, 0.25) is 0 Å². The van der Waals surface area contributed by atoms with E-state index in [0.717, 1.165) is 11.1 Å². The molecule has 1 unspecified atom stereocenters. The summed E-state index contributed by atoms with van der Waals surface area (Å²) in [5.74, 6) is -0.0264. The summed E-state index contributed by atoms with van der Waals surface area (Å²) in [4.78, 5) is 17.6. The number of rotatable bonds is 2. The van der Waals surface area contributed by atoms with Gasteiger partial charge in [0.15, 0.2) is 0 Å². The molecule has 18 heavy (non-hydrogen) atoms. The summed E-state index contributed by atoms with van der Waals surface area (Å²) in [5.41, 5.74) is 2.37. The van der Waals surface area contributed by atoms with Crippen LogP contribution in [-0.4, -0.2) is 11.0 Å². The van der Waals surface area contributed by atoms with Crippen molar-refractivity contribution in [1.29, 1.82) is 0 Å². The largest absolute Gasteiger partial charge is 0.281 e. The number of benzene rings is 2. The smallest absolute Gasteiger partial charge is 0.267 e. The third-order valence-electron chi connectivity index (χ3n) is 3.59. The number of carbonyl (C=O) groups is 1. The van der Waals surface area contributed by atoms with Gasteiger partial charge in [0.2, 0.25) is 5.72 Å². The van der Waals surface area contributed by atoms with Crippen LogP contribution < -0.4 is 0 Å². The van der Waals surface area contributed by atoms with Gasteiger partial charge >= 0.3 is 0 Å². The normalized spacial score (nSPS) is 23.8. The molecule has 0 radical (unpaired) electrons. The van der Waals surface area contributed by atoms with Crippen molar-refractivity contribution in [3.8, 4) is 0 Å². The van der Waals surface area contributed by atoms with Crippen LogP contribution >= 0.6 is 0 Å². The maximum absolute atomic E-state index is 12.0. The predicted octanol–water partition coefficient (Wildman–Crippen LogP) is 2.48. The number of fused-ring (bicyclic) bond motifs is 3. The molecule has 1 atom stereocenters. The molecule has 2 aromatic rings. The van der Waals surface area contributed by atoms with Gasteiger partial charge in [-0.05, 0) is 11.6 Å². The molecule has 1 fully saturated rings. The lowest BCUT2D eigenvalue weighted by atomic mass is 9.96. The molecule has 0 N–H and O–H groups in total. The number of hydrogen-bond donors (Lipinski definition) is 0. The van der Waals surface area contributed by atoms with Crippen LogP contribution in [-0.2, 0) is 17.0 Å². The van der Waals surface area contributed by atoms with Crippen molar-refractivity contribution in [2.45, 2.75) is 12.1 Å². The molecule has 4 rings (SSSR count). The lowest BCUT2D eigenvalue weighted by Gasteiger charge is -2.08. The summed E-state index contributed by atoms with van der Waals surface area (Å²) >= 11 is 0. The zero-order chi connectivity index (χ0) is 12.2. The minimum atomic E-state index is -0.547. The van der Waals surface area contributed by atoms with E-state index < -0.39 is 5.72 Å². The average Bonchev–Trinajstić information content (AvgIpc) is 3.09. The SMILES string of the molecule is O=C1c2ccccc2C2(Cc3ccccc3)ON12. The molecule has 3 heteroatoms. The Morgan fingerprint density at radius 2 is 1.72 bits per heavy atom. The maximum atomic E-state index is 12.0. The summed E-state index contributed by atoms with van der Waals surface area (Å²) in [6, 6.07) is 17.8. The van der Waals surface area contributed by atoms with E-state index in [1.54, 1.807) is 0 Å². The second kappa shape index (κ2) is 3.21. The van der Waals surface area contributed by atoms with E-state index in [1.807, 2.05) is 42.5 Å². The molecular formula is C15H11NO2. The Labute approximate surface area is 105 Å². The van der Waals surface area contributed by atoms with E-state index in [0.29, 0.717) is 6.42 Å². The van der Waals surface area contributed by atoms with E-state index in [-0.39, 0.29) is 5.91 Å². The van der Waals surface area contributed by atoms with Gasteiger partial charge in [0.1, 0.15) is 0 Å². The van der Waals surface area contributed by atoms with Crippen LogP contribution in [0.25, 0.3) is 0 Å². The van der Waals surface area contributed by atoms with Gasteiger partial charge in [0, 0.05) is 12.0 Å². The third kappa shape index (κ3) is 1.14. The molecule has 1 amide bonds. The number of carbonyl (C=O) groups excluding carboxylic acids is 1. The van der Waals surface area contributed by atoms with Crippen LogP contribution in [0.15, 0.2) is 54.6 Å². The summed E-state index contributed by atoms with van der Waals surface area (Å²) in [6.07, 6.45) is 0.705. The fourth-order valence-corrected chi connectivity index (χ4v) is 2.69. The summed E-state index contributed by atoms with van der Waals surface area (Å²) in [5, 5.41) is 1.49. The van der Waals surface area contributed by atoms with Crippen molar-refractivity contribution in [1.82, 2.24) is 5.06 Å². The minimum absolute atomic E-state index is 0.0264. The molecule has 0 aliphatic carbocycles. The second-order valence-electron chi connectivity index (χ2n) is 4.68. The highest BCUT2D eigenvalue weighted by Gasteiger charge is 2.66.